The van der Waals surface area contributed by atoms with E-state index in [1.807, 2.05) is 18.7 Å². The van der Waals surface area contributed by atoms with Gasteiger partial charge in [-0.2, -0.15) is 0 Å². The Morgan fingerprint density at radius 3 is 2.65 bits per heavy atom. The van der Waals surface area contributed by atoms with Gasteiger partial charge >= 0.3 is 11.8 Å². The fourth-order valence-electron chi connectivity index (χ4n) is 2.87. The first-order valence-electron chi connectivity index (χ1n) is 7.42. The van der Waals surface area contributed by atoms with Gasteiger partial charge in [-0.1, -0.05) is 13.8 Å². The number of carbonyl (C=O) groups is 1. The molecule has 1 aromatic carbocycles. The summed E-state index contributed by atoms with van der Waals surface area (Å²) in [6.07, 6.45) is -0.912. The number of rotatable bonds is 4. The van der Waals surface area contributed by atoms with Crippen LogP contribution in [0.5, 0.6) is 5.75 Å². The molecule has 0 saturated carbocycles. The van der Waals surface area contributed by atoms with Crippen LogP contribution in [0.1, 0.15) is 13.8 Å². The van der Waals surface area contributed by atoms with Crippen LogP contribution in [0.15, 0.2) is 18.2 Å². The standard InChI is InChI=1S/C15H21N3O5/c1-10(2)13-9-16(6-7-17(13)15(19)20)11-4-5-12(18(21)22)14(8-11)23-3/h4-5,8,10,13H,6-7,9H2,1-3H3,(H,19,20)/t13-/m1/s1. The molecule has 0 spiro atoms. The van der Waals surface area contributed by atoms with Crippen LogP contribution in [0.4, 0.5) is 16.2 Å². The summed E-state index contributed by atoms with van der Waals surface area (Å²) >= 11 is 0. The molecule has 0 radical (unpaired) electrons. The number of hydrogen-bond acceptors (Lipinski definition) is 5. The molecule has 1 aliphatic heterocycles. The van der Waals surface area contributed by atoms with Crippen molar-refractivity contribution in [2.45, 2.75) is 19.9 Å². The average molecular weight is 323 g/mol. The van der Waals surface area contributed by atoms with Gasteiger partial charge in [0.2, 0.25) is 0 Å². The number of amides is 1. The maximum absolute atomic E-state index is 11.3. The summed E-state index contributed by atoms with van der Waals surface area (Å²) in [6.45, 7) is 5.46. The van der Waals surface area contributed by atoms with E-state index in [1.165, 1.54) is 18.1 Å². The highest BCUT2D eigenvalue weighted by atomic mass is 16.6. The molecule has 0 aromatic heterocycles. The zero-order chi connectivity index (χ0) is 17.1. The summed E-state index contributed by atoms with van der Waals surface area (Å²) in [7, 11) is 1.39. The third kappa shape index (κ3) is 3.46. The fraction of sp³-hybridized carbons (Fsp3) is 0.533. The Morgan fingerprint density at radius 1 is 1.43 bits per heavy atom. The molecule has 2 rings (SSSR count). The number of benzene rings is 1. The summed E-state index contributed by atoms with van der Waals surface area (Å²) in [5.74, 6) is 0.378. The minimum absolute atomic E-state index is 0.0826. The van der Waals surface area contributed by atoms with E-state index in [1.54, 1.807) is 12.1 Å². The number of carboxylic acid groups (broad SMARTS) is 1. The van der Waals surface area contributed by atoms with Crippen molar-refractivity contribution in [2.75, 3.05) is 31.6 Å². The molecule has 126 valence electrons. The first-order chi connectivity index (χ1) is 10.8. The molecule has 23 heavy (non-hydrogen) atoms. The molecule has 1 amide bonds. The van der Waals surface area contributed by atoms with Gasteiger partial charge < -0.3 is 19.6 Å². The highest BCUT2D eigenvalue weighted by Gasteiger charge is 2.32. The zero-order valence-corrected chi connectivity index (χ0v) is 13.4. The lowest BCUT2D eigenvalue weighted by molar-refractivity contribution is -0.385. The lowest BCUT2D eigenvalue weighted by Crippen LogP contribution is -2.57. The summed E-state index contributed by atoms with van der Waals surface area (Å²) in [6, 6.07) is 4.60. The molecule has 1 atom stereocenters. The van der Waals surface area contributed by atoms with Gasteiger partial charge in [0.15, 0.2) is 5.75 Å². The maximum atomic E-state index is 11.3. The molecule has 1 heterocycles. The predicted molar refractivity (Wildman–Crippen MR) is 85.2 cm³/mol. The quantitative estimate of drug-likeness (QED) is 0.675. The minimum atomic E-state index is -0.912. The van der Waals surface area contributed by atoms with Gasteiger partial charge in [0, 0.05) is 37.5 Å². The molecule has 1 aliphatic rings. The van der Waals surface area contributed by atoms with Crippen molar-refractivity contribution in [3.05, 3.63) is 28.3 Å². The Kier molecular flexibility index (Phi) is 4.92. The van der Waals surface area contributed by atoms with E-state index in [2.05, 4.69) is 0 Å². The van der Waals surface area contributed by atoms with E-state index in [0.29, 0.717) is 19.6 Å². The van der Waals surface area contributed by atoms with Crippen molar-refractivity contribution in [3.63, 3.8) is 0 Å². The first kappa shape index (κ1) is 16.9. The van der Waals surface area contributed by atoms with Crippen LogP contribution in [-0.4, -0.2) is 53.8 Å². The van der Waals surface area contributed by atoms with Crippen molar-refractivity contribution in [1.82, 2.24) is 4.90 Å². The maximum Gasteiger partial charge on any atom is 0.407 e. The largest absolute Gasteiger partial charge is 0.490 e. The number of nitro groups is 1. The van der Waals surface area contributed by atoms with Gasteiger partial charge in [0.25, 0.3) is 0 Å². The Labute approximate surface area is 134 Å². The van der Waals surface area contributed by atoms with Crippen molar-refractivity contribution in [2.24, 2.45) is 5.92 Å². The van der Waals surface area contributed by atoms with E-state index >= 15 is 0 Å². The van der Waals surface area contributed by atoms with Gasteiger partial charge in [-0.3, -0.25) is 10.1 Å². The minimum Gasteiger partial charge on any atom is -0.490 e. The van der Waals surface area contributed by atoms with Gasteiger partial charge in [-0.05, 0) is 12.0 Å². The highest BCUT2D eigenvalue weighted by Crippen LogP contribution is 2.32. The molecular weight excluding hydrogens is 302 g/mol. The van der Waals surface area contributed by atoms with Crippen LogP contribution in [0, 0.1) is 16.0 Å². The van der Waals surface area contributed by atoms with Crippen LogP contribution < -0.4 is 9.64 Å². The second-order valence-electron chi connectivity index (χ2n) is 5.85. The molecule has 1 fully saturated rings. The van der Waals surface area contributed by atoms with Crippen molar-refractivity contribution < 1.29 is 19.6 Å². The summed E-state index contributed by atoms with van der Waals surface area (Å²) in [5, 5.41) is 20.3. The molecular formula is C15H21N3O5. The van der Waals surface area contributed by atoms with E-state index in [4.69, 9.17) is 4.74 Å². The molecule has 0 bridgehead atoms. The Balaban J connectivity index is 2.26. The Bertz CT molecular complexity index is 605. The molecule has 0 unspecified atom stereocenters. The van der Waals surface area contributed by atoms with Crippen molar-refractivity contribution in [1.29, 1.82) is 0 Å². The van der Waals surface area contributed by atoms with Crippen LogP contribution >= 0.6 is 0 Å². The van der Waals surface area contributed by atoms with E-state index in [-0.39, 0.29) is 23.4 Å². The Hall–Kier alpha value is -2.51. The zero-order valence-electron chi connectivity index (χ0n) is 13.4. The summed E-state index contributed by atoms with van der Waals surface area (Å²) in [5.41, 5.74) is 0.712. The molecule has 1 aromatic rings. The van der Waals surface area contributed by atoms with Crippen LogP contribution in [0.2, 0.25) is 0 Å². The van der Waals surface area contributed by atoms with Crippen LogP contribution in [0.25, 0.3) is 0 Å². The topological polar surface area (TPSA) is 96.2 Å². The number of anilines is 1. The number of piperazine rings is 1. The molecule has 1 saturated heterocycles. The van der Waals surface area contributed by atoms with Crippen molar-refractivity contribution in [3.8, 4) is 5.75 Å². The SMILES string of the molecule is COc1cc(N2CCN(C(=O)O)[C@@H](C(C)C)C2)ccc1[N+](=O)[O-]. The summed E-state index contributed by atoms with van der Waals surface area (Å²) in [4.78, 5) is 25.3. The van der Waals surface area contributed by atoms with Gasteiger partial charge in [-0.25, -0.2) is 4.79 Å². The average Bonchev–Trinajstić information content (AvgIpc) is 2.53. The smallest absolute Gasteiger partial charge is 0.407 e. The predicted octanol–water partition coefficient (Wildman–Crippen LogP) is 2.43. The van der Waals surface area contributed by atoms with E-state index in [9.17, 15) is 20.0 Å². The lowest BCUT2D eigenvalue weighted by atomic mass is 9.99. The fourth-order valence-corrected chi connectivity index (χ4v) is 2.87. The van der Waals surface area contributed by atoms with Gasteiger partial charge in [-0.15, -0.1) is 0 Å². The van der Waals surface area contributed by atoms with E-state index in [0.717, 1.165) is 5.69 Å². The highest BCUT2D eigenvalue weighted by molar-refractivity contribution is 5.67. The number of nitro benzene ring substituents is 1. The number of methoxy groups -OCH3 is 1. The van der Waals surface area contributed by atoms with Crippen LogP contribution in [0.3, 0.4) is 0 Å². The number of hydrogen-bond donors (Lipinski definition) is 1. The molecule has 8 heteroatoms. The molecule has 1 N–H and O–H groups in total. The van der Waals surface area contributed by atoms with Crippen LogP contribution in [-0.2, 0) is 0 Å². The van der Waals surface area contributed by atoms with Crippen molar-refractivity contribution >= 4 is 17.5 Å². The third-order valence-electron chi connectivity index (χ3n) is 4.16. The Morgan fingerprint density at radius 2 is 2.13 bits per heavy atom. The molecule has 8 nitrogen and oxygen atoms in total. The summed E-state index contributed by atoms with van der Waals surface area (Å²) < 4.78 is 5.10. The first-order valence-corrected chi connectivity index (χ1v) is 7.42. The number of ether oxygens (including phenoxy) is 1. The van der Waals surface area contributed by atoms with E-state index < -0.39 is 11.0 Å². The second-order valence-corrected chi connectivity index (χ2v) is 5.85. The second kappa shape index (κ2) is 6.72. The lowest BCUT2D eigenvalue weighted by Gasteiger charge is -2.42. The number of nitrogens with zero attached hydrogens (tertiary/aromatic N) is 3. The normalized spacial score (nSPS) is 18.2. The third-order valence-corrected chi connectivity index (χ3v) is 4.16. The molecule has 0 aliphatic carbocycles. The van der Waals surface area contributed by atoms with Gasteiger partial charge in [0.1, 0.15) is 0 Å². The van der Waals surface area contributed by atoms with Gasteiger partial charge in [0.05, 0.1) is 18.1 Å². The monoisotopic (exact) mass is 323 g/mol.